The molecule has 0 spiro atoms. The lowest BCUT2D eigenvalue weighted by molar-refractivity contribution is -0.115. The van der Waals surface area contributed by atoms with Gasteiger partial charge in [-0.2, -0.15) is 0 Å². The van der Waals surface area contributed by atoms with Gasteiger partial charge in [-0.15, -0.1) is 11.8 Å². The number of amides is 1. The van der Waals surface area contributed by atoms with E-state index >= 15 is 0 Å². The summed E-state index contributed by atoms with van der Waals surface area (Å²) in [5.74, 6) is 1.47. The van der Waals surface area contributed by atoms with E-state index in [2.05, 4.69) is 5.32 Å². The molecule has 3 rings (SSSR count). The molecule has 1 aliphatic rings. The Bertz CT molecular complexity index is 613. The molecule has 1 N–H and O–H groups in total. The Labute approximate surface area is 116 Å². The van der Waals surface area contributed by atoms with Crippen LogP contribution in [0.25, 0.3) is 0 Å². The van der Waals surface area contributed by atoms with Crippen LogP contribution in [0.1, 0.15) is 10.8 Å². The molecule has 4 heteroatoms. The molecule has 0 radical (unpaired) electrons. The van der Waals surface area contributed by atoms with Crippen molar-refractivity contribution in [1.29, 1.82) is 0 Å². The molecule has 0 saturated heterocycles. The fourth-order valence-electron chi connectivity index (χ4n) is 2.16. The number of hydrogen-bond acceptors (Lipinski definition) is 3. The SMILES string of the molecule is CSC1C(=O)Nc2c(Oc3ccccc3)cccc21. The smallest absolute Gasteiger partial charge is 0.242 e. The number of para-hydroxylation sites is 2. The molecular weight excluding hydrogens is 258 g/mol. The van der Waals surface area contributed by atoms with E-state index in [0.29, 0.717) is 5.75 Å². The van der Waals surface area contributed by atoms with Crippen molar-refractivity contribution in [2.24, 2.45) is 0 Å². The van der Waals surface area contributed by atoms with E-state index in [4.69, 9.17) is 4.74 Å². The average Bonchev–Trinajstić information content (AvgIpc) is 2.76. The molecule has 19 heavy (non-hydrogen) atoms. The van der Waals surface area contributed by atoms with Crippen LogP contribution in [0.2, 0.25) is 0 Å². The molecule has 0 bridgehead atoms. The highest BCUT2D eigenvalue weighted by molar-refractivity contribution is 7.99. The van der Waals surface area contributed by atoms with Gasteiger partial charge in [0, 0.05) is 5.56 Å². The second-order valence-corrected chi connectivity index (χ2v) is 5.18. The Hall–Kier alpha value is -1.94. The number of benzene rings is 2. The van der Waals surface area contributed by atoms with Crippen molar-refractivity contribution in [3.8, 4) is 11.5 Å². The van der Waals surface area contributed by atoms with Crippen LogP contribution in [0.3, 0.4) is 0 Å². The van der Waals surface area contributed by atoms with Gasteiger partial charge in [0.1, 0.15) is 11.0 Å². The maximum Gasteiger partial charge on any atom is 0.242 e. The minimum Gasteiger partial charge on any atom is -0.455 e. The van der Waals surface area contributed by atoms with E-state index in [1.807, 2.05) is 54.8 Å². The van der Waals surface area contributed by atoms with Gasteiger partial charge in [0.2, 0.25) is 5.91 Å². The number of ether oxygens (including phenoxy) is 1. The molecule has 3 nitrogen and oxygen atoms in total. The molecule has 0 aliphatic carbocycles. The van der Waals surface area contributed by atoms with Crippen molar-refractivity contribution in [3.63, 3.8) is 0 Å². The third-order valence-electron chi connectivity index (χ3n) is 3.03. The first-order chi connectivity index (χ1) is 9.29. The standard InChI is InChI=1S/C15H13NO2S/c1-19-14-11-8-5-9-12(13(11)16-15(14)17)18-10-6-3-2-4-7-10/h2-9,14H,1H3,(H,16,17). The number of hydrogen-bond donors (Lipinski definition) is 1. The Morgan fingerprint density at radius 3 is 2.63 bits per heavy atom. The largest absolute Gasteiger partial charge is 0.455 e. The van der Waals surface area contributed by atoms with Gasteiger partial charge in [0.05, 0.1) is 5.69 Å². The minimum atomic E-state index is -0.144. The maximum atomic E-state index is 11.9. The van der Waals surface area contributed by atoms with Crippen LogP contribution in [-0.4, -0.2) is 12.2 Å². The summed E-state index contributed by atoms with van der Waals surface area (Å²) in [4.78, 5) is 11.9. The van der Waals surface area contributed by atoms with Crippen molar-refractivity contribution in [2.45, 2.75) is 5.25 Å². The normalized spacial score (nSPS) is 16.9. The first-order valence-electron chi connectivity index (χ1n) is 5.99. The molecule has 1 unspecified atom stereocenters. The van der Waals surface area contributed by atoms with E-state index in [-0.39, 0.29) is 11.2 Å². The molecule has 0 fully saturated rings. The summed E-state index contributed by atoms with van der Waals surface area (Å²) in [6, 6.07) is 15.3. The summed E-state index contributed by atoms with van der Waals surface area (Å²) >= 11 is 1.53. The number of rotatable bonds is 3. The van der Waals surface area contributed by atoms with E-state index in [1.165, 1.54) is 11.8 Å². The average molecular weight is 271 g/mol. The minimum absolute atomic E-state index is 0.0200. The quantitative estimate of drug-likeness (QED) is 0.922. The Morgan fingerprint density at radius 1 is 1.11 bits per heavy atom. The molecule has 1 heterocycles. The zero-order valence-corrected chi connectivity index (χ0v) is 11.2. The first kappa shape index (κ1) is 12.1. The Kier molecular flexibility index (Phi) is 3.17. The Balaban J connectivity index is 1.97. The summed E-state index contributed by atoms with van der Waals surface area (Å²) in [5.41, 5.74) is 1.78. The van der Waals surface area contributed by atoms with Gasteiger partial charge in [-0.25, -0.2) is 0 Å². The van der Waals surface area contributed by atoms with E-state index in [1.54, 1.807) is 0 Å². The van der Waals surface area contributed by atoms with Crippen LogP contribution in [0, 0.1) is 0 Å². The number of fused-ring (bicyclic) bond motifs is 1. The van der Waals surface area contributed by atoms with Crippen LogP contribution in [0.4, 0.5) is 5.69 Å². The monoisotopic (exact) mass is 271 g/mol. The van der Waals surface area contributed by atoms with Crippen molar-refractivity contribution in [2.75, 3.05) is 11.6 Å². The highest BCUT2D eigenvalue weighted by atomic mass is 32.2. The highest BCUT2D eigenvalue weighted by Crippen LogP contribution is 2.44. The molecule has 1 aliphatic heterocycles. The van der Waals surface area contributed by atoms with Gasteiger partial charge in [-0.05, 0) is 24.5 Å². The first-order valence-corrected chi connectivity index (χ1v) is 7.28. The van der Waals surface area contributed by atoms with E-state index in [9.17, 15) is 4.79 Å². The maximum absolute atomic E-state index is 11.9. The van der Waals surface area contributed by atoms with Gasteiger partial charge in [-0.3, -0.25) is 4.79 Å². The Morgan fingerprint density at radius 2 is 1.89 bits per heavy atom. The van der Waals surface area contributed by atoms with Crippen LogP contribution in [-0.2, 0) is 4.79 Å². The highest BCUT2D eigenvalue weighted by Gasteiger charge is 2.31. The third-order valence-corrected chi connectivity index (χ3v) is 3.97. The van der Waals surface area contributed by atoms with Crippen molar-refractivity contribution in [1.82, 2.24) is 0 Å². The predicted octanol–water partition coefficient (Wildman–Crippen LogP) is 3.84. The summed E-state index contributed by atoms with van der Waals surface area (Å²) in [5, 5.41) is 2.76. The van der Waals surface area contributed by atoms with Gasteiger partial charge < -0.3 is 10.1 Å². The van der Waals surface area contributed by atoms with E-state index in [0.717, 1.165) is 17.0 Å². The lowest BCUT2D eigenvalue weighted by Gasteiger charge is -2.10. The van der Waals surface area contributed by atoms with E-state index < -0.39 is 0 Å². The molecular formula is C15H13NO2S. The number of carbonyl (C=O) groups excluding carboxylic acids is 1. The molecule has 1 atom stereocenters. The lowest BCUT2D eigenvalue weighted by atomic mass is 10.1. The lowest BCUT2D eigenvalue weighted by Crippen LogP contribution is -2.08. The van der Waals surface area contributed by atoms with Crippen molar-refractivity contribution in [3.05, 3.63) is 54.1 Å². The molecule has 2 aromatic rings. The van der Waals surface area contributed by atoms with Crippen LogP contribution >= 0.6 is 11.8 Å². The molecule has 96 valence electrons. The molecule has 0 aromatic heterocycles. The van der Waals surface area contributed by atoms with Crippen molar-refractivity contribution < 1.29 is 9.53 Å². The number of thioether (sulfide) groups is 1. The van der Waals surface area contributed by atoms with Crippen LogP contribution in [0.5, 0.6) is 11.5 Å². The molecule has 2 aromatic carbocycles. The molecule has 0 saturated carbocycles. The molecule has 1 amide bonds. The third kappa shape index (κ3) is 2.19. The summed E-state index contributed by atoms with van der Waals surface area (Å²) < 4.78 is 5.84. The fraction of sp³-hybridized carbons (Fsp3) is 0.133. The van der Waals surface area contributed by atoms with Gasteiger partial charge >= 0.3 is 0 Å². The number of anilines is 1. The fourth-order valence-corrected chi connectivity index (χ4v) is 2.89. The predicted molar refractivity (Wildman–Crippen MR) is 77.8 cm³/mol. The second kappa shape index (κ2) is 4.97. The number of carbonyl (C=O) groups is 1. The van der Waals surface area contributed by atoms with Crippen LogP contribution < -0.4 is 10.1 Å². The second-order valence-electron chi connectivity index (χ2n) is 4.24. The zero-order chi connectivity index (χ0) is 13.2. The van der Waals surface area contributed by atoms with Gasteiger partial charge in [0.15, 0.2) is 5.75 Å². The summed E-state index contributed by atoms with van der Waals surface area (Å²) in [7, 11) is 0. The van der Waals surface area contributed by atoms with Crippen molar-refractivity contribution >= 4 is 23.4 Å². The zero-order valence-electron chi connectivity index (χ0n) is 10.4. The summed E-state index contributed by atoms with van der Waals surface area (Å²) in [6.45, 7) is 0. The number of nitrogens with one attached hydrogen (secondary N) is 1. The summed E-state index contributed by atoms with van der Waals surface area (Å²) in [6.07, 6.45) is 1.93. The van der Waals surface area contributed by atoms with Gasteiger partial charge in [0.25, 0.3) is 0 Å². The van der Waals surface area contributed by atoms with Gasteiger partial charge in [-0.1, -0.05) is 30.3 Å². The topological polar surface area (TPSA) is 38.3 Å². The van der Waals surface area contributed by atoms with Crippen LogP contribution in [0.15, 0.2) is 48.5 Å².